The maximum Gasteiger partial charge on any atom is 0.137 e. The standard InChI is InChI=1S/C28H27ClN2O2/c1-19-13-15-31(16-14-19)23-9-7-22(8-10-23)30-26-18-28(20-3-5-21(29)6-4-20)33-27-12-11-24(32-2)17-25(26)27/h3-12,17-19H,13-16H2,1-2H3. The summed E-state index contributed by atoms with van der Waals surface area (Å²) >= 11 is 6.08. The summed E-state index contributed by atoms with van der Waals surface area (Å²) < 4.78 is 11.6. The van der Waals surface area contributed by atoms with Crippen molar-refractivity contribution in [3.05, 3.63) is 83.2 Å². The first-order valence-corrected chi connectivity index (χ1v) is 11.7. The summed E-state index contributed by atoms with van der Waals surface area (Å²) in [5, 5.41) is 2.43. The van der Waals surface area contributed by atoms with E-state index in [2.05, 4.69) is 36.1 Å². The number of halogens is 1. The fraction of sp³-hybridized carbons (Fsp3) is 0.250. The molecule has 1 saturated heterocycles. The average molecular weight is 459 g/mol. The molecule has 0 atom stereocenters. The minimum Gasteiger partial charge on any atom is -0.497 e. The van der Waals surface area contributed by atoms with E-state index in [0.717, 1.165) is 58.1 Å². The van der Waals surface area contributed by atoms with Crippen molar-refractivity contribution in [2.24, 2.45) is 10.9 Å². The molecule has 4 nitrogen and oxygen atoms in total. The van der Waals surface area contributed by atoms with Crippen molar-refractivity contribution in [2.75, 3.05) is 25.1 Å². The Morgan fingerprint density at radius 2 is 1.67 bits per heavy atom. The number of nitrogens with zero attached hydrogens (tertiary/aromatic N) is 2. The molecular weight excluding hydrogens is 432 g/mol. The van der Waals surface area contributed by atoms with E-state index in [0.29, 0.717) is 5.02 Å². The highest BCUT2D eigenvalue weighted by Crippen LogP contribution is 2.28. The molecule has 1 aromatic heterocycles. The van der Waals surface area contributed by atoms with Crippen molar-refractivity contribution in [1.82, 2.24) is 0 Å². The smallest absolute Gasteiger partial charge is 0.137 e. The summed E-state index contributed by atoms with van der Waals surface area (Å²) in [4.78, 5) is 7.45. The van der Waals surface area contributed by atoms with Crippen LogP contribution in [-0.2, 0) is 0 Å². The van der Waals surface area contributed by atoms with Crippen LogP contribution in [0.2, 0.25) is 5.02 Å². The first-order chi connectivity index (χ1) is 16.1. The lowest BCUT2D eigenvalue weighted by molar-refractivity contribution is 0.415. The second kappa shape index (κ2) is 9.32. The van der Waals surface area contributed by atoms with E-state index in [1.165, 1.54) is 18.5 Å². The SMILES string of the molecule is COc1ccc2oc(-c3ccc(Cl)cc3)cc(=Nc3ccc(N4CCC(C)CC4)cc3)c2c1. The van der Waals surface area contributed by atoms with Crippen LogP contribution < -0.4 is 15.0 Å². The van der Waals surface area contributed by atoms with E-state index in [1.54, 1.807) is 7.11 Å². The Labute approximate surface area is 199 Å². The van der Waals surface area contributed by atoms with Gasteiger partial charge in [0.2, 0.25) is 0 Å². The van der Waals surface area contributed by atoms with Crippen LogP contribution in [0.15, 0.2) is 82.2 Å². The lowest BCUT2D eigenvalue weighted by Crippen LogP contribution is -2.32. The zero-order valence-corrected chi connectivity index (χ0v) is 19.7. The summed E-state index contributed by atoms with van der Waals surface area (Å²) in [5.74, 6) is 2.32. The molecule has 0 unspecified atom stereocenters. The normalized spacial score (nSPS) is 15.2. The van der Waals surface area contributed by atoms with Gasteiger partial charge >= 0.3 is 0 Å². The lowest BCUT2D eigenvalue weighted by Gasteiger charge is -2.32. The lowest BCUT2D eigenvalue weighted by atomic mass is 9.99. The Morgan fingerprint density at radius 1 is 0.939 bits per heavy atom. The van der Waals surface area contributed by atoms with Crippen LogP contribution in [0, 0.1) is 5.92 Å². The number of methoxy groups -OCH3 is 1. The van der Waals surface area contributed by atoms with Gasteiger partial charge in [-0.1, -0.05) is 18.5 Å². The van der Waals surface area contributed by atoms with E-state index in [1.807, 2.05) is 48.5 Å². The van der Waals surface area contributed by atoms with E-state index in [9.17, 15) is 0 Å². The Kier molecular flexibility index (Phi) is 6.10. The fourth-order valence-electron chi connectivity index (χ4n) is 4.27. The van der Waals surface area contributed by atoms with Gasteiger partial charge in [-0.15, -0.1) is 0 Å². The van der Waals surface area contributed by atoms with Crippen molar-refractivity contribution in [2.45, 2.75) is 19.8 Å². The van der Waals surface area contributed by atoms with Crippen LogP contribution >= 0.6 is 11.6 Å². The van der Waals surface area contributed by atoms with E-state index < -0.39 is 0 Å². The van der Waals surface area contributed by atoms with Crippen LogP contribution in [0.25, 0.3) is 22.3 Å². The summed E-state index contributed by atoms with van der Waals surface area (Å²) in [6, 6.07) is 23.9. The second-order valence-corrected chi connectivity index (χ2v) is 9.10. The summed E-state index contributed by atoms with van der Waals surface area (Å²) in [7, 11) is 1.66. The maximum absolute atomic E-state index is 6.21. The van der Waals surface area contributed by atoms with Gasteiger partial charge < -0.3 is 14.1 Å². The number of hydrogen-bond acceptors (Lipinski definition) is 4. The molecule has 168 valence electrons. The van der Waals surface area contributed by atoms with Gasteiger partial charge in [0.05, 0.1) is 18.2 Å². The van der Waals surface area contributed by atoms with Gasteiger partial charge in [-0.3, -0.25) is 0 Å². The molecule has 0 aliphatic carbocycles. The molecule has 0 radical (unpaired) electrons. The highest BCUT2D eigenvalue weighted by Gasteiger charge is 2.15. The fourth-order valence-corrected chi connectivity index (χ4v) is 4.39. The van der Waals surface area contributed by atoms with E-state index in [-0.39, 0.29) is 0 Å². The molecule has 1 fully saturated rings. The minimum absolute atomic E-state index is 0.692. The van der Waals surface area contributed by atoms with Crippen LogP contribution in [0.5, 0.6) is 5.75 Å². The number of fused-ring (bicyclic) bond motifs is 1. The van der Waals surface area contributed by atoms with Crippen molar-refractivity contribution < 1.29 is 9.15 Å². The van der Waals surface area contributed by atoms with Crippen LogP contribution in [0.1, 0.15) is 19.8 Å². The molecule has 0 amide bonds. The number of benzene rings is 3. The molecule has 0 N–H and O–H groups in total. The van der Waals surface area contributed by atoms with Crippen LogP contribution in [-0.4, -0.2) is 20.2 Å². The third kappa shape index (κ3) is 4.76. The Hall–Kier alpha value is -3.24. The Morgan fingerprint density at radius 3 is 2.36 bits per heavy atom. The number of rotatable bonds is 4. The van der Waals surface area contributed by atoms with Crippen molar-refractivity contribution in [3.8, 4) is 17.1 Å². The maximum atomic E-state index is 6.21. The average Bonchev–Trinajstić information content (AvgIpc) is 2.85. The number of piperidine rings is 1. The summed E-state index contributed by atoms with van der Waals surface area (Å²) in [5.41, 5.74) is 3.86. The Bertz CT molecular complexity index is 1320. The quantitative estimate of drug-likeness (QED) is 0.323. The van der Waals surface area contributed by atoms with E-state index in [4.69, 9.17) is 25.7 Å². The molecule has 0 spiro atoms. The van der Waals surface area contributed by atoms with Crippen molar-refractivity contribution in [1.29, 1.82) is 0 Å². The van der Waals surface area contributed by atoms with Gasteiger partial charge in [0, 0.05) is 40.8 Å². The molecule has 2 heterocycles. The van der Waals surface area contributed by atoms with Crippen LogP contribution in [0.3, 0.4) is 0 Å². The zero-order chi connectivity index (χ0) is 22.8. The number of anilines is 1. The predicted molar refractivity (Wildman–Crippen MR) is 135 cm³/mol. The highest BCUT2D eigenvalue weighted by atomic mass is 35.5. The Balaban J connectivity index is 1.57. The monoisotopic (exact) mass is 458 g/mol. The molecule has 0 saturated carbocycles. The molecule has 0 bridgehead atoms. The van der Waals surface area contributed by atoms with Gasteiger partial charge in [0.1, 0.15) is 17.1 Å². The van der Waals surface area contributed by atoms with Crippen molar-refractivity contribution >= 4 is 33.9 Å². The third-order valence-corrected chi connectivity index (χ3v) is 6.58. The minimum atomic E-state index is 0.692. The molecule has 5 heteroatoms. The van der Waals surface area contributed by atoms with Gasteiger partial charge in [-0.2, -0.15) is 0 Å². The molecule has 33 heavy (non-hydrogen) atoms. The molecule has 5 rings (SSSR count). The van der Waals surface area contributed by atoms with Gasteiger partial charge in [0.15, 0.2) is 0 Å². The third-order valence-electron chi connectivity index (χ3n) is 6.33. The van der Waals surface area contributed by atoms with Crippen molar-refractivity contribution in [3.63, 3.8) is 0 Å². The molecule has 3 aromatic carbocycles. The number of ether oxygens (including phenoxy) is 1. The van der Waals surface area contributed by atoms with E-state index >= 15 is 0 Å². The second-order valence-electron chi connectivity index (χ2n) is 8.66. The summed E-state index contributed by atoms with van der Waals surface area (Å²) in [6.45, 7) is 4.57. The predicted octanol–water partition coefficient (Wildman–Crippen LogP) is 7.23. The molecule has 1 aliphatic heterocycles. The largest absolute Gasteiger partial charge is 0.497 e. The first kappa shape index (κ1) is 21.6. The molecular formula is C28H27ClN2O2. The van der Waals surface area contributed by atoms with Gasteiger partial charge in [0.25, 0.3) is 0 Å². The summed E-state index contributed by atoms with van der Waals surface area (Å²) in [6.07, 6.45) is 2.50. The first-order valence-electron chi connectivity index (χ1n) is 11.4. The highest BCUT2D eigenvalue weighted by molar-refractivity contribution is 6.30. The van der Waals surface area contributed by atoms with Crippen LogP contribution in [0.4, 0.5) is 11.4 Å². The zero-order valence-electron chi connectivity index (χ0n) is 18.9. The van der Waals surface area contributed by atoms with Gasteiger partial charge in [-0.25, -0.2) is 4.99 Å². The number of hydrogen-bond donors (Lipinski definition) is 0. The van der Waals surface area contributed by atoms with Gasteiger partial charge in [-0.05, 0) is 85.5 Å². The topological polar surface area (TPSA) is 38.0 Å². The molecule has 4 aromatic rings. The molecule has 1 aliphatic rings.